The fourth-order valence-corrected chi connectivity index (χ4v) is 4.20. The van der Waals surface area contributed by atoms with Crippen LogP contribution in [0, 0.1) is 12.3 Å². The number of hydrogen-bond acceptors (Lipinski definition) is 7. The molecule has 0 aliphatic heterocycles. The first kappa shape index (κ1) is 21.9. The van der Waals surface area contributed by atoms with Crippen LogP contribution in [0.4, 0.5) is 22.0 Å². The van der Waals surface area contributed by atoms with Crippen molar-refractivity contribution < 1.29 is 9.59 Å². The largest absolute Gasteiger partial charge is 0.383 e. The summed E-state index contributed by atoms with van der Waals surface area (Å²) in [6, 6.07) is 14.2. The minimum Gasteiger partial charge on any atom is -0.383 e. The molecule has 8 nitrogen and oxygen atoms in total. The van der Waals surface area contributed by atoms with Crippen molar-refractivity contribution in [2.75, 3.05) is 16.4 Å². The number of amides is 2. The van der Waals surface area contributed by atoms with Gasteiger partial charge in [-0.1, -0.05) is 29.8 Å². The Kier molecular flexibility index (Phi) is 6.94. The maximum atomic E-state index is 12.2. The third-order valence-corrected chi connectivity index (χ3v) is 5.46. The number of hydrogen-bond donors (Lipinski definition) is 4. The van der Waals surface area contributed by atoms with Crippen LogP contribution in [0.3, 0.4) is 0 Å². The standard InChI is InChI=1S/C20H16ClN5OS.CHNO/c1-11-16(17-18(22)23-10-24-19(17)28-11)12-5-7-14(8-6-12)25-20(27)26-15-4-2-3-13(21)9-15;2-1-3/h2-10H,1H3,(H2,22,23,24)(H2,25,26,27);2H. The summed E-state index contributed by atoms with van der Waals surface area (Å²) in [7, 11) is 0. The van der Waals surface area contributed by atoms with Crippen molar-refractivity contribution >= 4 is 62.5 Å². The molecule has 31 heavy (non-hydrogen) atoms. The minimum absolute atomic E-state index is 0.343. The molecule has 5 N–H and O–H groups in total. The van der Waals surface area contributed by atoms with Crippen LogP contribution in [0.15, 0.2) is 54.9 Å². The number of carbonyl (C=O) groups excluding carboxylic acids is 2. The van der Waals surface area contributed by atoms with Gasteiger partial charge in [-0.05, 0) is 42.8 Å². The number of nitrogen functional groups attached to an aromatic ring is 1. The summed E-state index contributed by atoms with van der Waals surface area (Å²) < 4.78 is 0. The number of aromatic nitrogens is 2. The fourth-order valence-electron chi connectivity index (χ4n) is 2.99. The van der Waals surface area contributed by atoms with Gasteiger partial charge < -0.3 is 16.4 Å². The van der Waals surface area contributed by atoms with Gasteiger partial charge in [-0.25, -0.2) is 25.0 Å². The Balaban J connectivity index is 0.000000858. The number of halogens is 1. The Labute approximate surface area is 186 Å². The number of isocyanates is 1. The molecule has 4 rings (SSSR count). The molecule has 0 unspecified atom stereocenters. The van der Waals surface area contributed by atoms with E-state index >= 15 is 0 Å². The van der Waals surface area contributed by atoms with Crippen molar-refractivity contribution in [1.82, 2.24) is 9.97 Å². The molecular formula is C21H17ClN6O2S. The van der Waals surface area contributed by atoms with Gasteiger partial charge in [0.05, 0.1) is 5.39 Å². The van der Waals surface area contributed by atoms with Crippen LogP contribution in [0.5, 0.6) is 0 Å². The Morgan fingerprint density at radius 2 is 1.81 bits per heavy atom. The first-order valence-corrected chi connectivity index (χ1v) is 10.1. The monoisotopic (exact) mass is 452 g/mol. The first-order valence-electron chi connectivity index (χ1n) is 8.90. The summed E-state index contributed by atoms with van der Waals surface area (Å²) in [5.74, 6) is 0.465. The molecule has 0 saturated carbocycles. The van der Waals surface area contributed by atoms with Crippen molar-refractivity contribution in [3.63, 3.8) is 0 Å². The quantitative estimate of drug-likeness (QED) is 0.242. The molecule has 2 aromatic carbocycles. The summed E-state index contributed by atoms with van der Waals surface area (Å²) in [6.07, 6.45) is 2.23. The molecule has 0 spiro atoms. The summed E-state index contributed by atoms with van der Waals surface area (Å²) in [5.41, 5.74) is 9.37. The second-order valence-corrected chi connectivity index (χ2v) is 7.88. The number of rotatable bonds is 3. The van der Waals surface area contributed by atoms with E-state index in [1.165, 1.54) is 6.33 Å². The summed E-state index contributed by atoms with van der Waals surface area (Å²) in [5, 5.41) is 12.4. The molecule has 0 radical (unpaired) electrons. The number of urea groups is 1. The van der Waals surface area contributed by atoms with Crippen LogP contribution >= 0.6 is 22.9 Å². The van der Waals surface area contributed by atoms with Crippen LogP contribution in [-0.2, 0) is 4.79 Å². The zero-order valence-electron chi connectivity index (χ0n) is 16.3. The first-order chi connectivity index (χ1) is 14.9. The maximum absolute atomic E-state index is 12.2. The van der Waals surface area contributed by atoms with Gasteiger partial charge in [0.2, 0.25) is 6.08 Å². The lowest BCUT2D eigenvalue weighted by atomic mass is 10.0. The molecule has 2 amide bonds. The number of fused-ring (bicyclic) bond motifs is 1. The van der Waals surface area contributed by atoms with Gasteiger partial charge >= 0.3 is 6.03 Å². The highest BCUT2D eigenvalue weighted by atomic mass is 35.5. The molecular weight excluding hydrogens is 436 g/mol. The Morgan fingerprint density at radius 1 is 1.13 bits per heavy atom. The van der Waals surface area contributed by atoms with Gasteiger partial charge in [0.15, 0.2) is 0 Å². The van der Waals surface area contributed by atoms with Crippen molar-refractivity contribution in [3.8, 4) is 11.1 Å². The smallest absolute Gasteiger partial charge is 0.323 e. The number of nitrogens with one attached hydrogen (secondary N) is 3. The number of anilines is 3. The molecule has 10 heteroatoms. The minimum atomic E-state index is -0.343. The van der Waals surface area contributed by atoms with Gasteiger partial charge in [-0.3, -0.25) is 0 Å². The molecule has 2 heterocycles. The molecule has 0 atom stereocenters. The number of carbonyl (C=O) groups is 1. The molecule has 0 aliphatic carbocycles. The van der Waals surface area contributed by atoms with E-state index < -0.39 is 0 Å². The third kappa shape index (κ3) is 5.23. The number of benzene rings is 2. The molecule has 0 saturated heterocycles. The summed E-state index contributed by atoms with van der Waals surface area (Å²) in [6.45, 7) is 2.03. The van der Waals surface area contributed by atoms with E-state index in [0.29, 0.717) is 22.2 Å². The Bertz CT molecular complexity index is 1270. The van der Waals surface area contributed by atoms with E-state index in [0.717, 1.165) is 32.3 Å². The molecule has 0 fully saturated rings. The van der Waals surface area contributed by atoms with E-state index in [-0.39, 0.29) is 6.03 Å². The normalized spacial score (nSPS) is 10.0. The van der Waals surface area contributed by atoms with Crippen LogP contribution in [0.2, 0.25) is 5.02 Å². The van der Waals surface area contributed by atoms with Gasteiger partial charge in [-0.2, -0.15) is 0 Å². The molecule has 4 aromatic rings. The zero-order valence-corrected chi connectivity index (χ0v) is 17.8. The average Bonchev–Trinajstić information content (AvgIpc) is 3.06. The van der Waals surface area contributed by atoms with Crippen molar-refractivity contribution in [2.45, 2.75) is 6.92 Å². The van der Waals surface area contributed by atoms with Crippen LogP contribution in [0.25, 0.3) is 21.3 Å². The highest BCUT2D eigenvalue weighted by Gasteiger charge is 2.15. The van der Waals surface area contributed by atoms with E-state index in [4.69, 9.17) is 27.5 Å². The van der Waals surface area contributed by atoms with Gasteiger partial charge in [0.1, 0.15) is 17.0 Å². The summed E-state index contributed by atoms with van der Waals surface area (Å²) >= 11 is 7.51. The molecule has 156 valence electrons. The lowest BCUT2D eigenvalue weighted by Crippen LogP contribution is -2.19. The number of nitrogens with zero attached hydrogens (tertiary/aromatic N) is 2. The SMILES string of the molecule is Cc1sc2ncnc(N)c2c1-c1ccc(NC(=O)Nc2cccc(Cl)c2)cc1.N=C=O. The van der Waals surface area contributed by atoms with E-state index in [2.05, 4.69) is 20.6 Å². The van der Waals surface area contributed by atoms with Crippen LogP contribution in [-0.4, -0.2) is 22.1 Å². The Hall–Kier alpha value is -3.78. The van der Waals surface area contributed by atoms with Gasteiger partial charge in [0.25, 0.3) is 0 Å². The number of nitrogens with two attached hydrogens (primary N) is 1. The van der Waals surface area contributed by atoms with Crippen molar-refractivity contribution in [2.24, 2.45) is 0 Å². The van der Waals surface area contributed by atoms with Crippen LogP contribution < -0.4 is 16.4 Å². The predicted molar refractivity (Wildman–Crippen MR) is 125 cm³/mol. The van der Waals surface area contributed by atoms with E-state index in [1.807, 2.05) is 31.2 Å². The third-order valence-electron chi connectivity index (χ3n) is 4.21. The second kappa shape index (κ2) is 9.82. The number of aryl methyl sites for hydroxylation is 1. The Morgan fingerprint density at radius 3 is 2.48 bits per heavy atom. The highest BCUT2D eigenvalue weighted by molar-refractivity contribution is 7.19. The van der Waals surface area contributed by atoms with E-state index in [1.54, 1.807) is 35.6 Å². The van der Waals surface area contributed by atoms with E-state index in [9.17, 15) is 4.79 Å². The lowest BCUT2D eigenvalue weighted by molar-refractivity contribution is 0.262. The maximum Gasteiger partial charge on any atom is 0.323 e. The topological polar surface area (TPSA) is 134 Å². The average molecular weight is 453 g/mol. The second-order valence-electron chi connectivity index (χ2n) is 6.24. The summed E-state index contributed by atoms with van der Waals surface area (Å²) in [4.78, 5) is 30.9. The van der Waals surface area contributed by atoms with Gasteiger partial charge in [-0.15, -0.1) is 11.3 Å². The number of thiophene rings is 1. The fraction of sp³-hybridized carbons (Fsp3) is 0.0476. The van der Waals surface area contributed by atoms with Gasteiger partial charge in [0, 0.05) is 26.8 Å². The highest BCUT2D eigenvalue weighted by Crippen LogP contribution is 2.39. The molecule has 0 aliphatic rings. The van der Waals surface area contributed by atoms with Crippen molar-refractivity contribution in [1.29, 1.82) is 5.41 Å². The van der Waals surface area contributed by atoms with Crippen molar-refractivity contribution in [3.05, 3.63) is 64.8 Å². The van der Waals surface area contributed by atoms with Crippen LogP contribution in [0.1, 0.15) is 4.88 Å². The molecule has 2 aromatic heterocycles. The predicted octanol–water partition coefficient (Wildman–Crippen LogP) is 5.45. The zero-order chi connectivity index (χ0) is 22.4. The lowest BCUT2D eigenvalue weighted by Gasteiger charge is -2.09. The molecule has 0 bridgehead atoms.